The SMILES string of the molecule is CC1(C)O[C@H]2[C@@H](O1)[C@@H](CC[C@@H]1C[C@H]3C[C@H]([C@H]4COC(C)(C)O4)N1O3)O[C@@H]1OC(C)(C)O[C@@H]12. The average Bonchev–Trinajstić information content (AvgIpc) is 3.45. The predicted molar refractivity (Wildman–Crippen MR) is 110 cm³/mol. The molecule has 0 saturated carbocycles. The first-order valence-electron chi connectivity index (χ1n) is 12.1. The van der Waals surface area contributed by atoms with Crippen LogP contribution in [0.15, 0.2) is 0 Å². The van der Waals surface area contributed by atoms with Crippen LogP contribution in [-0.2, 0) is 38.0 Å². The summed E-state index contributed by atoms with van der Waals surface area (Å²) in [4.78, 5) is 6.19. The lowest BCUT2D eigenvalue weighted by atomic mass is 9.89. The fourth-order valence-corrected chi connectivity index (χ4v) is 6.32. The number of fused-ring (bicyclic) bond motifs is 5. The van der Waals surface area contributed by atoms with Crippen LogP contribution in [0.1, 0.15) is 67.2 Å². The average molecular weight is 456 g/mol. The molecule has 6 aliphatic rings. The van der Waals surface area contributed by atoms with Gasteiger partial charge in [-0.15, -0.1) is 0 Å². The van der Waals surface area contributed by atoms with Gasteiger partial charge in [0.1, 0.15) is 24.4 Å². The number of hydroxylamine groups is 2. The summed E-state index contributed by atoms with van der Waals surface area (Å²) >= 11 is 0. The van der Waals surface area contributed by atoms with Crippen molar-refractivity contribution in [1.29, 1.82) is 0 Å². The maximum atomic E-state index is 6.39. The third kappa shape index (κ3) is 3.83. The van der Waals surface area contributed by atoms with Crippen LogP contribution >= 0.6 is 0 Å². The summed E-state index contributed by atoms with van der Waals surface area (Å²) in [5, 5.41) is 2.18. The monoisotopic (exact) mass is 455 g/mol. The largest absolute Gasteiger partial charge is 0.348 e. The highest BCUT2D eigenvalue weighted by Crippen LogP contribution is 2.46. The van der Waals surface area contributed by atoms with Crippen LogP contribution in [-0.4, -0.2) is 84.0 Å². The fourth-order valence-electron chi connectivity index (χ4n) is 6.32. The Labute approximate surface area is 189 Å². The van der Waals surface area contributed by atoms with Crippen LogP contribution in [0.25, 0.3) is 0 Å². The second-order valence-electron chi connectivity index (χ2n) is 11.4. The molecule has 0 aromatic carbocycles. The van der Waals surface area contributed by atoms with Crippen LogP contribution < -0.4 is 0 Å². The van der Waals surface area contributed by atoms with Crippen molar-refractivity contribution in [2.75, 3.05) is 6.61 Å². The lowest BCUT2D eigenvalue weighted by Gasteiger charge is -2.38. The van der Waals surface area contributed by atoms with Gasteiger partial charge in [0.05, 0.1) is 24.9 Å². The van der Waals surface area contributed by atoms with Crippen molar-refractivity contribution in [1.82, 2.24) is 5.06 Å². The van der Waals surface area contributed by atoms with Gasteiger partial charge in [0.15, 0.2) is 23.7 Å². The van der Waals surface area contributed by atoms with Gasteiger partial charge in [-0.05, 0) is 67.2 Å². The fraction of sp³-hybridized carbons (Fsp3) is 1.00. The number of hydrogen-bond donors (Lipinski definition) is 0. The van der Waals surface area contributed by atoms with E-state index in [2.05, 4.69) is 5.06 Å². The van der Waals surface area contributed by atoms with Gasteiger partial charge in [-0.3, -0.25) is 4.84 Å². The normalized spacial score (nSPS) is 52.3. The van der Waals surface area contributed by atoms with Crippen molar-refractivity contribution in [2.45, 2.75) is 140 Å². The van der Waals surface area contributed by atoms with Crippen molar-refractivity contribution in [3.05, 3.63) is 0 Å². The van der Waals surface area contributed by atoms with Crippen molar-refractivity contribution in [2.24, 2.45) is 0 Å². The second-order valence-corrected chi connectivity index (χ2v) is 11.4. The van der Waals surface area contributed by atoms with Crippen LogP contribution in [0.3, 0.4) is 0 Å². The molecule has 1 unspecified atom stereocenters. The Morgan fingerprint density at radius 3 is 2.19 bits per heavy atom. The Bertz CT molecular complexity index is 744. The van der Waals surface area contributed by atoms with Crippen LogP contribution in [0.2, 0.25) is 0 Å². The van der Waals surface area contributed by atoms with E-state index in [4.69, 9.17) is 38.0 Å². The molecule has 6 fully saturated rings. The van der Waals surface area contributed by atoms with E-state index in [0.717, 1.165) is 25.7 Å². The van der Waals surface area contributed by atoms with Crippen molar-refractivity contribution >= 4 is 0 Å². The van der Waals surface area contributed by atoms with Gasteiger partial charge in [-0.1, -0.05) is 0 Å². The van der Waals surface area contributed by atoms with E-state index >= 15 is 0 Å². The van der Waals surface area contributed by atoms with Crippen molar-refractivity contribution < 1.29 is 38.0 Å². The van der Waals surface area contributed by atoms with Gasteiger partial charge in [-0.25, -0.2) is 0 Å². The molecule has 0 radical (unpaired) electrons. The molecule has 0 amide bonds. The predicted octanol–water partition coefficient (Wildman–Crippen LogP) is 2.46. The zero-order valence-electron chi connectivity index (χ0n) is 19.9. The molecule has 0 N–H and O–H groups in total. The first-order chi connectivity index (χ1) is 15.0. The van der Waals surface area contributed by atoms with Crippen LogP contribution in [0.4, 0.5) is 0 Å². The Kier molecular flexibility index (Phi) is 5.06. The van der Waals surface area contributed by atoms with Gasteiger partial charge in [0.2, 0.25) is 0 Å². The van der Waals surface area contributed by atoms with Crippen molar-refractivity contribution in [3.8, 4) is 0 Å². The standard InChI is InChI=1S/C23H37NO8/c1-21(2)25-11-16(27-21)14-10-13-9-12(24(14)32-13)7-8-15-17-18(29-22(3,4)28-17)19-20(26-15)31-23(5,6)30-19/h12-20H,7-11H2,1-6H3/t12-,13+,14-,15-,16-,17+,18+,19-,20-/m1/s1. The number of rotatable bonds is 4. The minimum Gasteiger partial charge on any atom is -0.348 e. The Morgan fingerprint density at radius 2 is 1.47 bits per heavy atom. The summed E-state index contributed by atoms with van der Waals surface area (Å²) in [6, 6.07) is 0.570. The van der Waals surface area contributed by atoms with E-state index in [0.29, 0.717) is 12.6 Å². The summed E-state index contributed by atoms with van der Waals surface area (Å²) < 4.78 is 43.0. The molecule has 0 spiro atoms. The molecule has 0 aromatic rings. The molecule has 6 rings (SSSR count). The number of ether oxygens (including phenoxy) is 7. The van der Waals surface area contributed by atoms with Gasteiger partial charge >= 0.3 is 0 Å². The quantitative estimate of drug-likeness (QED) is 0.635. The topological polar surface area (TPSA) is 77.1 Å². The summed E-state index contributed by atoms with van der Waals surface area (Å²) in [6.07, 6.45) is 2.91. The highest BCUT2D eigenvalue weighted by molar-refractivity contribution is 5.01. The minimum atomic E-state index is -0.695. The highest BCUT2D eigenvalue weighted by atomic mass is 16.9. The van der Waals surface area contributed by atoms with E-state index in [1.54, 1.807) is 0 Å². The van der Waals surface area contributed by atoms with E-state index < -0.39 is 23.7 Å². The number of hydrogen-bond acceptors (Lipinski definition) is 9. The third-order valence-electron chi connectivity index (χ3n) is 7.49. The van der Waals surface area contributed by atoms with Crippen molar-refractivity contribution in [3.63, 3.8) is 0 Å². The first kappa shape index (κ1) is 22.1. The molecule has 9 heteroatoms. The molecule has 2 bridgehead atoms. The smallest absolute Gasteiger partial charge is 0.190 e. The lowest BCUT2D eigenvalue weighted by molar-refractivity contribution is -0.236. The Hall–Kier alpha value is -0.360. The van der Waals surface area contributed by atoms with Crippen LogP contribution in [0, 0.1) is 0 Å². The summed E-state index contributed by atoms with van der Waals surface area (Å²) in [6.45, 7) is 12.3. The van der Waals surface area contributed by atoms with Gasteiger partial charge < -0.3 is 33.2 Å². The van der Waals surface area contributed by atoms with E-state index in [1.165, 1.54) is 0 Å². The molecular formula is C23H37NO8. The molecule has 6 saturated heterocycles. The molecule has 10 atom stereocenters. The molecular weight excluding hydrogens is 418 g/mol. The van der Waals surface area contributed by atoms with Crippen LogP contribution in [0.5, 0.6) is 0 Å². The Balaban J connectivity index is 1.12. The zero-order chi connectivity index (χ0) is 22.5. The third-order valence-corrected chi connectivity index (χ3v) is 7.49. The molecule has 0 aliphatic carbocycles. The molecule has 9 nitrogen and oxygen atoms in total. The summed E-state index contributed by atoms with van der Waals surface area (Å²) in [7, 11) is 0. The Morgan fingerprint density at radius 1 is 0.750 bits per heavy atom. The van der Waals surface area contributed by atoms with Gasteiger partial charge in [0, 0.05) is 6.04 Å². The van der Waals surface area contributed by atoms with E-state index in [9.17, 15) is 0 Å². The minimum absolute atomic E-state index is 0.0486. The molecule has 32 heavy (non-hydrogen) atoms. The van der Waals surface area contributed by atoms with Gasteiger partial charge in [0.25, 0.3) is 0 Å². The zero-order valence-corrected chi connectivity index (χ0v) is 19.9. The number of nitrogens with zero attached hydrogens (tertiary/aromatic N) is 1. The molecule has 6 heterocycles. The summed E-state index contributed by atoms with van der Waals surface area (Å²) in [5.41, 5.74) is 0. The maximum absolute atomic E-state index is 6.39. The highest BCUT2D eigenvalue weighted by Gasteiger charge is 2.61. The maximum Gasteiger partial charge on any atom is 0.190 e. The molecule has 0 aromatic heterocycles. The van der Waals surface area contributed by atoms with E-state index in [1.807, 2.05) is 41.5 Å². The summed E-state index contributed by atoms with van der Waals surface area (Å²) in [5.74, 6) is -1.88. The molecule has 6 aliphatic heterocycles. The molecule has 182 valence electrons. The van der Waals surface area contributed by atoms with Gasteiger partial charge in [-0.2, -0.15) is 5.06 Å². The van der Waals surface area contributed by atoms with E-state index in [-0.39, 0.29) is 42.7 Å². The second kappa shape index (κ2) is 7.32. The lowest BCUT2D eigenvalue weighted by Crippen LogP contribution is -2.55. The number of piperidine rings is 1. The first-order valence-corrected chi connectivity index (χ1v) is 12.1.